The topological polar surface area (TPSA) is 38.1 Å². The zero-order chi connectivity index (χ0) is 11.1. The Morgan fingerprint density at radius 3 is 3.12 bits per heavy atom. The van der Waals surface area contributed by atoms with Crippen LogP contribution in [0.2, 0.25) is 5.02 Å². The minimum absolute atomic E-state index is 0.783. The van der Waals surface area contributed by atoms with Gasteiger partial charge in [0.1, 0.15) is 5.76 Å². The van der Waals surface area contributed by atoms with Gasteiger partial charge in [-0.05, 0) is 18.6 Å². The van der Waals surface area contributed by atoms with E-state index in [9.17, 15) is 0 Å². The molecule has 0 saturated heterocycles. The first-order valence-electron chi connectivity index (χ1n) is 5.24. The van der Waals surface area contributed by atoms with E-state index in [-0.39, 0.29) is 0 Å². The van der Waals surface area contributed by atoms with Gasteiger partial charge < -0.3 is 9.84 Å². The minimum atomic E-state index is 0.783. The smallest absolute Gasteiger partial charge is 0.146 e. The van der Waals surface area contributed by atoms with E-state index in [1.54, 1.807) is 6.20 Å². The average Bonchev–Trinajstić information content (AvgIpc) is 2.66. The fourth-order valence-electron chi connectivity index (χ4n) is 2.10. The first-order valence-corrected chi connectivity index (χ1v) is 5.62. The summed E-state index contributed by atoms with van der Waals surface area (Å²) in [4.78, 5) is 0. The third kappa shape index (κ3) is 1.32. The summed E-state index contributed by atoms with van der Waals surface area (Å²) in [5.74, 6) is 0.938. The van der Waals surface area contributed by atoms with Gasteiger partial charge in [0.2, 0.25) is 0 Å². The van der Waals surface area contributed by atoms with Crippen LogP contribution in [0, 0.1) is 6.92 Å². The highest BCUT2D eigenvalue weighted by atomic mass is 35.5. The molecule has 16 heavy (non-hydrogen) atoms. The zero-order valence-electron chi connectivity index (χ0n) is 8.88. The van der Waals surface area contributed by atoms with Crippen LogP contribution in [-0.2, 0) is 6.42 Å². The number of halogens is 1. The molecule has 0 bridgehead atoms. The van der Waals surface area contributed by atoms with Crippen LogP contribution in [0.5, 0.6) is 0 Å². The fourth-order valence-corrected chi connectivity index (χ4v) is 2.26. The summed E-state index contributed by atoms with van der Waals surface area (Å²) < 4.78 is 5.24. The molecule has 1 aromatic carbocycles. The van der Waals surface area contributed by atoms with Crippen molar-refractivity contribution in [3.05, 3.63) is 34.7 Å². The highest BCUT2D eigenvalue weighted by Crippen LogP contribution is 2.38. The van der Waals surface area contributed by atoms with Gasteiger partial charge in [-0.25, -0.2) is 0 Å². The van der Waals surface area contributed by atoms with Gasteiger partial charge in [0.15, 0.2) is 0 Å². The summed E-state index contributed by atoms with van der Waals surface area (Å²) in [5, 5.41) is 8.04. The second kappa shape index (κ2) is 3.52. The summed E-state index contributed by atoms with van der Waals surface area (Å²) in [6.07, 6.45) is 2.62. The van der Waals surface area contributed by atoms with Gasteiger partial charge in [-0.2, -0.15) is 0 Å². The van der Waals surface area contributed by atoms with Crippen molar-refractivity contribution >= 4 is 17.3 Å². The lowest BCUT2D eigenvalue weighted by molar-refractivity contribution is 0.386. The first kappa shape index (κ1) is 9.73. The van der Waals surface area contributed by atoms with Crippen LogP contribution < -0.4 is 5.32 Å². The van der Waals surface area contributed by atoms with Crippen LogP contribution >= 0.6 is 11.6 Å². The molecule has 1 aliphatic rings. The number of fused-ring (bicyclic) bond motifs is 3. The molecule has 1 aromatic heterocycles. The van der Waals surface area contributed by atoms with Crippen LogP contribution in [0.15, 0.2) is 22.9 Å². The highest BCUT2D eigenvalue weighted by molar-refractivity contribution is 6.32. The number of rotatable bonds is 0. The number of anilines is 1. The molecule has 0 aliphatic carbocycles. The maximum atomic E-state index is 6.12. The quantitative estimate of drug-likeness (QED) is 0.760. The second-order valence-corrected chi connectivity index (χ2v) is 4.34. The molecule has 0 unspecified atom stereocenters. The summed E-state index contributed by atoms with van der Waals surface area (Å²) in [6, 6.07) is 3.93. The van der Waals surface area contributed by atoms with Crippen LogP contribution in [0.25, 0.3) is 11.1 Å². The third-order valence-electron chi connectivity index (χ3n) is 2.99. The van der Waals surface area contributed by atoms with Crippen molar-refractivity contribution < 1.29 is 4.52 Å². The van der Waals surface area contributed by atoms with Crippen molar-refractivity contribution in [2.45, 2.75) is 13.3 Å². The molecule has 1 N–H and O–H groups in total. The Morgan fingerprint density at radius 2 is 2.25 bits per heavy atom. The Balaban J connectivity index is 2.29. The molecule has 82 valence electrons. The molecule has 3 nitrogen and oxygen atoms in total. The highest BCUT2D eigenvalue weighted by Gasteiger charge is 2.19. The minimum Gasteiger partial charge on any atom is -0.384 e. The number of benzene rings is 1. The molecule has 4 heteroatoms. The van der Waals surface area contributed by atoms with Gasteiger partial charge in [-0.1, -0.05) is 22.8 Å². The van der Waals surface area contributed by atoms with Crippen molar-refractivity contribution in [2.75, 3.05) is 11.9 Å². The van der Waals surface area contributed by atoms with Crippen molar-refractivity contribution in [3.8, 4) is 11.1 Å². The van der Waals surface area contributed by atoms with Crippen LogP contribution in [0.3, 0.4) is 0 Å². The SMILES string of the molecule is Cc1c(Cl)ccc2c1NCCc1oncc1-2. The monoisotopic (exact) mass is 234 g/mol. The third-order valence-corrected chi connectivity index (χ3v) is 3.40. The predicted octanol–water partition coefficient (Wildman–Crippen LogP) is 3.27. The van der Waals surface area contributed by atoms with E-state index in [0.29, 0.717) is 0 Å². The zero-order valence-corrected chi connectivity index (χ0v) is 9.64. The maximum absolute atomic E-state index is 6.12. The molecule has 0 saturated carbocycles. The second-order valence-electron chi connectivity index (χ2n) is 3.93. The Morgan fingerprint density at radius 1 is 1.38 bits per heavy atom. The van der Waals surface area contributed by atoms with Crippen LogP contribution in [-0.4, -0.2) is 11.7 Å². The van der Waals surface area contributed by atoms with Gasteiger partial charge in [-0.15, -0.1) is 0 Å². The summed E-state index contributed by atoms with van der Waals surface area (Å²) in [5.41, 5.74) is 4.36. The lowest BCUT2D eigenvalue weighted by atomic mass is 10.0. The molecule has 0 spiro atoms. The molecule has 0 fully saturated rings. The Hall–Kier alpha value is -1.48. The summed E-state index contributed by atoms with van der Waals surface area (Å²) >= 11 is 6.12. The van der Waals surface area contributed by atoms with Crippen LogP contribution in [0.4, 0.5) is 5.69 Å². The molecule has 3 rings (SSSR count). The lowest BCUT2D eigenvalue weighted by Crippen LogP contribution is -2.03. The Labute approximate surface area is 98.4 Å². The molecular weight excluding hydrogens is 224 g/mol. The van der Waals surface area contributed by atoms with E-state index in [1.807, 2.05) is 19.1 Å². The molecule has 0 radical (unpaired) electrons. The number of hydrogen-bond donors (Lipinski definition) is 1. The normalized spacial score (nSPS) is 13.6. The molecule has 2 aromatic rings. The van der Waals surface area contributed by atoms with Gasteiger partial charge in [0.05, 0.1) is 6.20 Å². The molecule has 2 heterocycles. The summed E-state index contributed by atoms with van der Waals surface area (Å²) in [7, 11) is 0. The van der Waals surface area contributed by atoms with Gasteiger partial charge in [0, 0.05) is 34.8 Å². The van der Waals surface area contributed by atoms with Crippen molar-refractivity contribution in [3.63, 3.8) is 0 Å². The molecule has 0 amide bonds. The lowest BCUT2D eigenvalue weighted by Gasteiger charge is -2.12. The molecular formula is C12H11ClN2O. The van der Waals surface area contributed by atoms with Crippen molar-refractivity contribution in [1.82, 2.24) is 5.16 Å². The molecule has 0 atom stereocenters. The van der Waals surface area contributed by atoms with Crippen LogP contribution in [0.1, 0.15) is 11.3 Å². The van der Waals surface area contributed by atoms with E-state index in [0.717, 1.165) is 46.1 Å². The molecule has 1 aliphatic heterocycles. The van der Waals surface area contributed by atoms with E-state index in [1.165, 1.54) is 0 Å². The largest absolute Gasteiger partial charge is 0.384 e. The number of aromatic nitrogens is 1. The average molecular weight is 235 g/mol. The summed E-state index contributed by atoms with van der Waals surface area (Å²) in [6.45, 7) is 2.86. The Bertz CT molecular complexity index is 548. The predicted molar refractivity (Wildman–Crippen MR) is 63.9 cm³/mol. The van der Waals surface area contributed by atoms with Gasteiger partial charge in [-0.3, -0.25) is 0 Å². The standard InChI is InChI=1S/C12H11ClN2O/c1-7-10(13)3-2-8-9-6-15-16-11(9)4-5-14-12(7)8/h2-3,6,14H,4-5H2,1H3. The number of nitrogens with one attached hydrogen (secondary N) is 1. The number of hydrogen-bond acceptors (Lipinski definition) is 3. The Kier molecular flexibility index (Phi) is 2.14. The van der Waals surface area contributed by atoms with E-state index in [4.69, 9.17) is 16.1 Å². The van der Waals surface area contributed by atoms with E-state index >= 15 is 0 Å². The van der Waals surface area contributed by atoms with Gasteiger partial charge in [0.25, 0.3) is 0 Å². The van der Waals surface area contributed by atoms with Crippen molar-refractivity contribution in [2.24, 2.45) is 0 Å². The maximum Gasteiger partial charge on any atom is 0.146 e. The van der Waals surface area contributed by atoms with E-state index in [2.05, 4.69) is 10.5 Å². The fraction of sp³-hybridized carbons (Fsp3) is 0.250. The number of nitrogens with zero attached hydrogens (tertiary/aromatic N) is 1. The van der Waals surface area contributed by atoms with Gasteiger partial charge >= 0.3 is 0 Å². The first-order chi connectivity index (χ1) is 7.77. The van der Waals surface area contributed by atoms with Crippen molar-refractivity contribution in [1.29, 1.82) is 0 Å². The van der Waals surface area contributed by atoms with E-state index < -0.39 is 0 Å².